The third-order valence-electron chi connectivity index (χ3n) is 14.7. The summed E-state index contributed by atoms with van der Waals surface area (Å²) < 4.78 is 34.2. The van der Waals surface area contributed by atoms with Gasteiger partial charge in [0.25, 0.3) is 0 Å². The molecule has 17 unspecified atom stereocenters. The van der Waals surface area contributed by atoms with Crippen LogP contribution in [0, 0.1) is 0 Å². The van der Waals surface area contributed by atoms with E-state index in [0.29, 0.717) is 19.3 Å². The number of ether oxygens (including phenoxy) is 6. The number of aliphatic hydroxyl groups is 11. The fourth-order valence-corrected chi connectivity index (χ4v) is 9.68. The largest absolute Gasteiger partial charge is 0.394 e. The molecule has 0 radical (unpaired) electrons. The lowest BCUT2D eigenvalue weighted by Gasteiger charge is -2.48. The minimum atomic E-state index is -1.98. The monoisotopic (exact) mass is 1160 g/mol. The van der Waals surface area contributed by atoms with Crippen molar-refractivity contribution in [3.05, 3.63) is 97.2 Å². The smallest absolute Gasteiger partial charge is 0.220 e. The molecule has 0 saturated carbocycles. The van der Waals surface area contributed by atoms with E-state index in [4.69, 9.17) is 28.4 Å². The van der Waals surface area contributed by atoms with Gasteiger partial charge in [-0.2, -0.15) is 0 Å². The lowest BCUT2D eigenvalue weighted by atomic mass is 9.96. The van der Waals surface area contributed by atoms with Crippen molar-refractivity contribution in [1.29, 1.82) is 0 Å². The molecule has 0 bridgehead atoms. The number of unbranched alkanes of at least 4 members (excludes halogenated alkanes) is 11. The van der Waals surface area contributed by atoms with Crippen LogP contribution in [0.3, 0.4) is 0 Å². The third-order valence-corrected chi connectivity index (χ3v) is 14.7. The van der Waals surface area contributed by atoms with Gasteiger partial charge in [0.1, 0.15) is 73.2 Å². The van der Waals surface area contributed by atoms with Gasteiger partial charge < -0.3 is 89.9 Å². The summed E-state index contributed by atoms with van der Waals surface area (Å²) in [6, 6.07) is -0.905. The first-order valence-electron chi connectivity index (χ1n) is 30.5. The second-order valence-corrected chi connectivity index (χ2v) is 21.4. The van der Waals surface area contributed by atoms with Crippen LogP contribution in [0.4, 0.5) is 0 Å². The van der Waals surface area contributed by atoms with Crippen LogP contribution in [0.2, 0.25) is 0 Å². The first kappa shape index (κ1) is 73.0. The van der Waals surface area contributed by atoms with E-state index < -0.39 is 124 Å². The standard InChI is InChI=1S/C63H105NO18/c1-3-5-7-9-11-13-14-15-16-17-18-19-20-21-22-23-24-25-26-27-28-29-30-31-32-33-35-37-39-41-51(69)64-46(47(68)40-38-36-34-12-10-8-6-4-2)45-77-61-57(75)54(72)59(49(43-66)79-61)82-63-58(76)55(73)60(50(44-67)80-63)81-62-56(74)53(71)52(70)48(42-65)78-62/h5,7,11,13,15-16,18-19,21-22,24-25,27-28,30-31,46-50,52-63,65-68,70-76H,3-4,6,8-10,12,14,17,20,23,26,29,32-45H2,1-2H3,(H,64,69)/b7-5-,13-11-,16-15-,19-18-,22-21-,25-24-,28-27-,31-30-. The number of carbonyl (C=O) groups excluding carboxylic acids is 1. The van der Waals surface area contributed by atoms with Crippen LogP contribution in [0.15, 0.2) is 97.2 Å². The Morgan fingerprint density at radius 1 is 0.451 bits per heavy atom. The van der Waals surface area contributed by atoms with E-state index in [2.05, 4.69) is 116 Å². The molecular weight excluding hydrogens is 1060 g/mol. The highest BCUT2D eigenvalue weighted by atomic mass is 16.8. The second-order valence-electron chi connectivity index (χ2n) is 21.4. The quantitative estimate of drug-likeness (QED) is 0.0255. The highest BCUT2D eigenvalue weighted by Gasteiger charge is 2.53. The van der Waals surface area contributed by atoms with Gasteiger partial charge in [0.15, 0.2) is 18.9 Å². The predicted molar refractivity (Wildman–Crippen MR) is 314 cm³/mol. The van der Waals surface area contributed by atoms with Crippen LogP contribution in [-0.2, 0) is 33.2 Å². The molecule has 0 aromatic rings. The Bertz CT molecular complexity index is 1870. The van der Waals surface area contributed by atoms with E-state index in [1.165, 1.54) is 12.8 Å². The maximum atomic E-state index is 13.3. The van der Waals surface area contributed by atoms with Gasteiger partial charge in [0.05, 0.1) is 38.6 Å². The van der Waals surface area contributed by atoms with E-state index in [1.807, 2.05) is 0 Å². The van der Waals surface area contributed by atoms with Crippen molar-refractivity contribution >= 4 is 5.91 Å². The minimum absolute atomic E-state index is 0.229. The Labute approximate surface area is 488 Å². The first-order chi connectivity index (χ1) is 39.8. The molecule has 12 N–H and O–H groups in total. The molecule has 3 fully saturated rings. The molecule has 470 valence electrons. The molecule has 1 amide bonds. The molecule has 0 aliphatic carbocycles. The van der Waals surface area contributed by atoms with Crippen molar-refractivity contribution in [1.82, 2.24) is 5.32 Å². The number of allylic oxidation sites excluding steroid dienone is 16. The normalized spacial score (nSPS) is 30.3. The summed E-state index contributed by atoms with van der Waals surface area (Å²) in [5.74, 6) is -0.277. The zero-order valence-corrected chi connectivity index (χ0v) is 48.9. The summed E-state index contributed by atoms with van der Waals surface area (Å²) in [5.41, 5.74) is 0. The van der Waals surface area contributed by atoms with Gasteiger partial charge in [-0.1, -0.05) is 175 Å². The van der Waals surface area contributed by atoms with Gasteiger partial charge in [-0.3, -0.25) is 4.79 Å². The number of amides is 1. The highest BCUT2D eigenvalue weighted by molar-refractivity contribution is 5.76. The Hall–Kier alpha value is -3.29. The van der Waals surface area contributed by atoms with Crippen LogP contribution in [-0.4, -0.2) is 193 Å². The Kier molecular flexibility index (Phi) is 40.1. The summed E-state index contributed by atoms with van der Waals surface area (Å²) in [5, 5.41) is 120. The van der Waals surface area contributed by atoms with Gasteiger partial charge in [-0.05, 0) is 77.0 Å². The van der Waals surface area contributed by atoms with Crippen LogP contribution in [0.25, 0.3) is 0 Å². The molecular formula is C63H105NO18. The van der Waals surface area contributed by atoms with Crippen LogP contribution >= 0.6 is 0 Å². The van der Waals surface area contributed by atoms with Gasteiger partial charge in [0, 0.05) is 6.42 Å². The molecule has 0 spiro atoms. The lowest BCUT2D eigenvalue weighted by Crippen LogP contribution is -2.66. The maximum absolute atomic E-state index is 13.3. The Morgan fingerprint density at radius 3 is 1.32 bits per heavy atom. The topological polar surface area (TPSA) is 307 Å². The Morgan fingerprint density at radius 2 is 0.841 bits per heavy atom. The fourth-order valence-electron chi connectivity index (χ4n) is 9.68. The molecule has 82 heavy (non-hydrogen) atoms. The molecule has 19 nitrogen and oxygen atoms in total. The number of hydrogen-bond donors (Lipinski definition) is 12. The van der Waals surface area contributed by atoms with E-state index in [9.17, 15) is 61.0 Å². The zero-order valence-electron chi connectivity index (χ0n) is 48.9. The first-order valence-corrected chi connectivity index (χ1v) is 30.5. The number of rotatable bonds is 43. The summed E-state index contributed by atoms with van der Waals surface area (Å²) in [6.07, 6.45) is 29.5. The minimum Gasteiger partial charge on any atom is -0.394 e. The average molecular weight is 1160 g/mol. The molecule has 3 aliphatic heterocycles. The summed E-state index contributed by atoms with van der Waals surface area (Å²) in [7, 11) is 0. The summed E-state index contributed by atoms with van der Waals surface area (Å²) >= 11 is 0. The number of hydrogen-bond acceptors (Lipinski definition) is 18. The van der Waals surface area contributed by atoms with Crippen molar-refractivity contribution in [2.45, 2.75) is 266 Å². The average Bonchev–Trinajstić information content (AvgIpc) is 3.60. The molecule has 3 rings (SSSR count). The van der Waals surface area contributed by atoms with Crippen molar-refractivity contribution < 1.29 is 89.4 Å². The van der Waals surface area contributed by atoms with E-state index >= 15 is 0 Å². The zero-order chi connectivity index (χ0) is 59.7. The van der Waals surface area contributed by atoms with Crippen molar-refractivity contribution in [3.63, 3.8) is 0 Å². The number of aliphatic hydroxyl groups excluding tert-OH is 11. The molecule has 19 heteroatoms. The van der Waals surface area contributed by atoms with Gasteiger partial charge in [0.2, 0.25) is 5.91 Å². The molecule has 0 aromatic carbocycles. The summed E-state index contributed by atoms with van der Waals surface area (Å²) in [6.45, 7) is 1.57. The van der Waals surface area contributed by atoms with E-state index in [1.54, 1.807) is 0 Å². The van der Waals surface area contributed by atoms with Crippen molar-refractivity contribution in [2.24, 2.45) is 0 Å². The van der Waals surface area contributed by atoms with Crippen LogP contribution in [0.5, 0.6) is 0 Å². The van der Waals surface area contributed by atoms with Crippen molar-refractivity contribution in [2.75, 3.05) is 26.4 Å². The van der Waals surface area contributed by atoms with Crippen molar-refractivity contribution in [3.8, 4) is 0 Å². The van der Waals surface area contributed by atoms with Gasteiger partial charge >= 0.3 is 0 Å². The molecule has 3 saturated heterocycles. The second kappa shape index (κ2) is 45.1. The third kappa shape index (κ3) is 28.3. The number of nitrogens with one attached hydrogen (secondary N) is 1. The highest BCUT2D eigenvalue weighted by Crippen LogP contribution is 2.33. The van der Waals surface area contributed by atoms with E-state index in [-0.39, 0.29) is 18.9 Å². The van der Waals surface area contributed by atoms with Gasteiger partial charge in [-0.25, -0.2) is 0 Å². The SMILES string of the molecule is CC/C=C\C/C=C\C/C=C\C/C=C\C/C=C\C/C=C\C/C=C\C/C=C\CCCCCCC(=O)NC(COC1OC(CO)C(OC2OC(CO)C(OC3OC(CO)C(O)C(O)C3O)C(O)C2O)C(O)C1O)C(O)CCCCCCCCCC. The lowest BCUT2D eigenvalue weighted by molar-refractivity contribution is -0.379. The fraction of sp³-hybridized carbons (Fsp3) is 0.730. The van der Waals surface area contributed by atoms with Crippen LogP contribution in [0.1, 0.15) is 162 Å². The number of carbonyl (C=O) groups is 1. The van der Waals surface area contributed by atoms with Gasteiger partial charge in [-0.15, -0.1) is 0 Å². The Balaban J connectivity index is 1.41. The molecule has 3 aliphatic rings. The molecule has 3 heterocycles. The van der Waals surface area contributed by atoms with E-state index in [0.717, 1.165) is 109 Å². The molecule has 17 atom stereocenters. The predicted octanol–water partition coefficient (Wildman–Crippen LogP) is 5.76. The molecule has 0 aromatic heterocycles. The summed E-state index contributed by atoms with van der Waals surface area (Å²) in [4.78, 5) is 13.3. The maximum Gasteiger partial charge on any atom is 0.220 e. The van der Waals surface area contributed by atoms with Crippen LogP contribution < -0.4 is 5.32 Å².